The molecular formula is C32H43N7O. The topological polar surface area (TPSA) is 84.2 Å². The molecule has 1 spiro atoms. The minimum absolute atomic E-state index is 0.0752. The van der Waals surface area contributed by atoms with E-state index in [1.807, 2.05) is 6.08 Å². The summed E-state index contributed by atoms with van der Waals surface area (Å²) in [5, 5.41) is 0. The summed E-state index contributed by atoms with van der Waals surface area (Å²) in [5.74, 6) is 1.42. The van der Waals surface area contributed by atoms with E-state index in [-0.39, 0.29) is 5.91 Å². The Hall–Kier alpha value is -3.23. The Morgan fingerprint density at radius 1 is 0.925 bits per heavy atom. The first-order valence-electron chi connectivity index (χ1n) is 15.1. The van der Waals surface area contributed by atoms with Gasteiger partial charge in [0.25, 0.3) is 0 Å². The third-order valence-corrected chi connectivity index (χ3v) is 9.37. The molecule has 1 aliphatic carbocycles. The quantitative estimate of drug-likeness (QED) is 0.373. The van der Waals surface area contributed by atoms with E-state index in [9.17, 15) is 4.79 Å². The van der Waals surface area contributed by atoms with Crippen LogP contribution in [0, 0.1) is 5.41 Å². The van der Waals surface area contributed by atoms with Crippen LogP contribution in [0.4, 0.5) is 0 Å². The van der Waals surface area contributed by atoms with E-state index in [0.717, 1.165) is 29.8 Å². The standard InChI is InChI=1S/C32H43N7O/c40-31(39(23-29-33-15-16-34-29)24-30-35-17-18-36-30)11-10-26-6-8-27(9-7-26)22-37-19-12-32(25-37)13-20-38(21-14-32)28-4-2-1-3-5-28/h6-11,15-18,28H,1-5,12-14,19-25H2,(H,33,34)(H,35,36)/b11-10+. The monoisotopic (exact) mass is 541 g/mol. The predicted octanol–water partition coefficient (Wildman–Crippen LogP) is 5.00. The van der Waals surface area contributed by atoms with Crippen molar-refractivity contribution in [3.8, 4) is 0 Å². The second kappa shape index (κ2) is 12.5. The minimum atomic E-state index is -0.0752. The highest BCUT2D eigenvalue weighted by molar-refractivity contribution is 5.91. The number of rotatable bonds is 9. The Balaban J connectivity index is 0.999. The van der Waals surface area contributed by atoms with Gasteiger partial charge >= 0.3 is 0 Å². The highest BCUT2D eigenvalue weighted by Crippen LogP contribution is 2.42. The van der Waals surface area contributed by atoms with Crippen molar-refractivity contribution < 1.29 is 4.79 Å². The van der Waals surface area contributed by atoms with Crippen molar-refractivity contribution in [1.82, 2.24) is 34.6 Å². The summed E-state index contributed by atoms with van der Waals surface area (Å²) in [6.07, 6.45) is 21.7. The molecule has 4 heterocycles. The number of benzene rings is 1. The molecule has 8 heteroatoms. The molecule has 3 fully saturated rings. The number of piperidine rings is 1. The molecule has 2 saturated heterocycles. The number of hydrogen-bond acceptors (Lipinski definition) is 5. The molecule has 0 radical (unpaired) electrons. The van der Waals surface area contributed by atoms with Crippen LogP contribution < -0.4 is 0 Å². The smallest absolute Gasteiger partial charge is 0.247 e. The highest BCUT2D eigenvalue weighted by atomic mass is 16.2. The lowest BCUT2D eigenvalue weighted by Gasteiger charge is -2.43. The van der Waals surface area contributed by atoms with Crippen LogP contribution in [0.5, 0.6) is 0 Å². The molecule has 2 N–H and O–H groups in total. The van der Waals surface area contributed by atoms with Crippen LogP contribution in [0.15, 0.2) is 55.1 Å². The lowest BCUT2D eigenvalue weighted by Crippen LogP contribution is -2.46. The molecular weight excluding hydrogens is 498 g/mol. The van der Waals surface area contributed by atoms with Crippen molar-refractivity contribution in [3.63, 3.8) is 0 Å². The molecule has 3 aliphatic rings. The first-order chi connectivity index (χ1) is 19.6. The van der Waals surface area contributed by atoms with Crippen molar-refractivity contribution >= 4 is 12.0 Å². The summed E-state index contributed by atoms with van der Waals surface area (Å²) in [5.41, 5.74) is 2.91. The first kappa shape index (κ1) is 27.0. The molecule has 212 valence electrons. The highest BCUT2D eigenvalue weighted by Gasteiger charge is 2.41. The average molecular weight is 542 g/mol. The largest absolute Gasteiger partial charge is 0.347 e. The van der Waals surface area contributed by atoms with Crippen molar-refractivity contribution in [2.24, 2.45) is 5.41 Å². The first-order valence-corrected chi connectivity index (χ1v) is 15.1. The van der Waals surface area contributed by atoms with Gasteiger partial charge in [0, 0.05) is 50.0 Å². The van der Waals surface area contributed by atoms with Gasteiger partial charge in [0.1, 0.15) is 11.6 Å². The fourth-order valence-corrected chi connectivity index (χ4v) is 6.99. The average Bonchev–Trinajstić information content (AvgIpc) is 3.77. The Bertz CT molecular complexity index is 1180. The number of hydrogen-bond donors (Lipinski definition) is 2. The summed E-state index contributed by atoms with van der Waals surface area (Å²) in [4.78, 5) is 35.0. The van der Waals surface area contributed by atoms with Crippen LogP contribution >= 0.6 is 0 Å². The van der Waals surface area contributed by atoms with Crippen LogP contribution in [-0.2, 0) is 24.4 Å². The van der Waals surface area contributed by atoms with Gasteiger partial charge in [-0.15, -0.1) is 0 Å². The Morgan fingerprint density at radius 3 is 2.20 bits per heavy atom. The third-order valence-electron chi connectivity index (χ3n) is 9.37. The fraction of sp³-hybridized carbons (Fsp3) is 0.531. The number of carbonyl (C=O) groups is 1. The summed E-state index contributed by atoms with van der Waals surface area (Å²) in [7, 11) is 0. The molecule has 6 rings (SSSR count). The lowest BCUT2D eigenvalue weighted by molar-refractivity contribution is -0.127. The lowest BCUT2D eigenvalue weighted by atomic mass is 9.77. The summed E-state index contributed by atoms with van der Waals surface area (Å²) in [6, 6.07) is 9.53. The van der Waals surface area contributed by atoms with Gasteiger partial charge in [-0.1, -0.05) is 43.5 Å². The van der Waals surface area contributed by atoms with E-state index in [0.29, 0.717) is 18.5 Å². The van der Waals surface area contributed by atoms with Crippen LogP contribution in [0.2, 0.25) is 0 Å². The van der Waals surface area contributed by atoms with Crippen LogP contribution in [-0.4, -0.2) is 72.8 Å². The van der Waals surface area contributed by atoms with Gasteiger partial charge in [-0.25, -0.2) is 9.97 Å². The summed E-state index contributed by atoms with van der Waals surface area (Å²) >= 11 is 0. The van der Waals surface area contributed by atoms with Gasteiger partial charge in [-0.05, 0) is 74.4 Å². The van der Waals surface area contributed by atoms with Gasteiger partial charge in [0.05, 0.1) is 13.1 Å². The predicted molar refractivity (Wildman–Crippen MR) is 157 cm³/mol. The van der Waals surface area contributed by atoms with Gasteiger partial charge in [-0.2, -0.15) is 0 Å². The molecule has 0 bridgehead atoms. The molecule has 40 heavy (non-hydrogen) atoms. The summed E-state index contributed by atoms with van der Waals surface area (Å²) in [6.45, 7) is 6.86. The van der Waals surface area contributed by atoms with Crippen molar-refractivity contribution in [3.05, 3.63) is 77.9 Å². The molecule has 1 saturated carbocycles. The Labute approximate surface area is 237 Å². The van der Waals surface area contributed by atoms with Crippen molar-refractivity contribution in [2.75, 3.05) is 26.2 Å². The van der Waals surface area contributed by atoms with Gasteiger partial charge in [0.2, 0.25) is 5.91 Å². The number of aromatic nitrogens is 4. The maximum Gasteiger partial charge on any atom is 0.247 e. The number of likely N-dealkylation sites (tertiary alicyclic amines) is 2. The normalized spacial score (nSPS) is 20.5. The molecule has 0 unspecified atom stereocenters. The zero-order chi connectivity index (χ0) is 27.2. The molecule has 1 aromatic carbocycles. The van der Waals surface area contributed by atoms with E-state index in [1.165, 1.54) is 83.1 Å². The van der Waals surface area contributed by atoms with Gasteiger partial charge in [-0.3, -0.25) is 9.69 Å². The number of carbonyl (C=O) groups excluding carboxylic acids is 1. The summed E-state index contributed by atoms with van der Waals surface area (Å²) < 4.78 is 0. The van der Waals surface area contributed by atoms with Gasteiger partial charge in [0.15, 0.2) is 0 Å². The second-order valence-electron chi connectivity index (χ2n) is 12.1. The maximum absolute atomic E-state index is 13.1. The van der Waals surface area contributed by atoms with E-state index in [2.05, 4.69) is 54.0 Å². The minimum Gasteiger partial charge on any atom is -0.347 e. The Kier molecular flexibility index (Phi) is 8.44. The number of amides is 1. The molecule has 3 aromatic rings. The number of nitrogens with one attached hydrogen (secondary N) is 2. The maximum atomic E-state index is 13.1. The van der Waals surface area contributed by atoms with E-state index >= 15 is 0 Å². The van der Waals surface area contributed by atoms with E-state index in [4.69, 9.17) is 0 Å². The Morgan fingerprint density at radius 2 is 1.57 bits per heavy atom. The third kappa shape index (κ3) is 6.73. The molecule has 0 atom stereocenters. The van der Waals surface area contributed by atoms with Crippen LogP contribution in [0.25, 0.3) is 6.08 Å². The van der Waals surface area contributed by atoms with Crippen molar-refractivity contribution in [2.45, 2.75) is 77.0 Å². The van der Waals surface area contributed by atoms with Gasteiger partial charge < -0.3 is 19.8 Å². The number of H-pyrrole nitrogens is 2. The molecule has 2 aromatic heterocycles. The molecule has 1 amide bonds. The number of aromatic amines is 2. The van der Waals surface area contributed by atoms with E-state index < -0.39 is 0 Å². The number of nitrogens with zero attached hydrogens (tertiary/aromatic N) is 5. The zero-order valence-electron chi connectivity index (χ0n) is 23.6. The zero-order valence-corrected chi connectivity index (χ0v) is 23.6. The van der Waals surface area contributed by atoms with Crippen molar-refractivity contribution in [1.29, 1.82) is 0 Å². The SMILES string of the molecule is O=C(/C=C/c1ccc(CN2CCC3(CCN(C4CCCCC4)CC3)C2)cc1)N(Cc1ncc[nH]1)Cc1ncc[nH]1. The molecule has 2 aliphatic heterocycles. The van der Waals surface area contributed by atoms with Crippen LogP contribution in [0.3, 0.4) is 0 Å². The van der Waals surface area contributed by atoms with E-state index in [1.54, 1.807) is 35.8 Å². The molecule has 8 nitrogen and oxygen atoms in total. The van der Waals surface area contributed by atoms with Crippen LogP contribution in [0.1, 0.15) is 74.1 Å². The second-order valence-corrected chi connectivity index (χ2v) is 12.1. The fourth-order valence-electron chi connectivity index (χ4n) is 6.99. The number of imidazole rings is 2.